The molecule has 4 aliphatic heterocycles. The number of carbonyl (C=O) groups excluding carboxylic acids is 1. The third-order valence-corrected chi connectivity index (χ3v) is 11.7. The molecule has 2 aromatic heterocycles. The summed E-state index contributed by atoms with van der Waals surface area (Å²) in [6, 6.07) is 8.95. The summed E-state index contributed by atoms with van der Waals surface area (Å²) in [6.45, 7) is 7.34. The standard InChI is InChI=1S/C41H42F3N6O5.Tl/c1-6-24-9-7-10-25-15-29(54-23-52-5)16-30(32(24)25)34-33(42)35-31(18-45-34)37(48-20-27-11-12-28(21-48)50(27)39(51)55-40(2,3)4)47-38(46-35)53-22-41-13-8-14-49(41)19-26(17-41)36(43)44;/h7,9-10,15-16,18,27-28H,8,11-14,17,19-23H2,2-5H3;. The number of fused-ring (bicyclic) bond motifs is 5. The first-order valence-electron chi connectivity index (χ1n) is 18.8. The number of amides is 1. The van der Waals surface area contributed by atoms with Crippen LogP contribution >= 0.6 is 0 Å². The van der Waals surface area contributed by atoms with Gasteiger partial charge in [0.05, 0.1) is 17.6 Å². The second-order valence-corrected chi connectivity index (χ2v) is 17.1. The van der Waals surface area contributed by atoms with Crippen LogP contribution in [0.4, 0.5) is 23.8 Å². The minimum atomic E-state index is -1.65. The van der Waals surface area contributed by atoms with Crippen LogP contribution in [-0.4, -0.2) is 127 Å². The number of hydrogen-bond acceptors (Lipinski definition) is 10. The van der Waals surface area contributed by atoms with Crippen LogP contribution < -0.4 is 14.4 Å². The van der Waals surface area contributed by atoms with E-state index in [1.54, 1.807) is 12.3 Å². The Morgan fingerprint density at radius 1 is 1.11 bits per heavy atom. The van der Waals surface area contributed by atoms with Gasteiger partial charge in [-0.15, -0.1) is 0 Å². The maximum absolute atomic E-state index is 17.4. The molecule has 2 aromatic carbocycles. The number of pyridine rings is 1. The van der Waals surface area contributed by atoms with Gasteiger partial charge in [0, 0.05) is 12.1 Å². The van der Waals surface area contributed by atoms with Gasteiger partial charge in [0.15, 0.2) is 0 Å². The number of hydrogen-bond donors (Lipinski definition) is 0. The molecule has 0 spiro atoms. The first-order valence-corrected chi connectivity index (χ1v) is 21.1. The van der Waals surface area contributed by atoms with Gasteiger partial charge in [-0.3, -0.25) is 9.80 Å². The van der Waals surface area contributed by atoms with Gasteiger partial charge >= 0.3 is 212 Å². The first kappa shape index (κ1) is 38.7. The average Bonchev–Trinajstić information content (AvgIpc) is 3.81. The maximum atomic E-state index is 17.4. The predicted octanol–water partition coefficient (Wildman–Crippen LogP) is 6.80. The van der Waals surface area contributed by atoms with Crippen molar-refractivity contribution in [3.8, 4) is 32.4 Å². The Kier molecular flexibility index (Phi) is 10.5. The van der Waals surface area contributed by atoms with Gasteiger partial charge in [0.2, 0.25) is 0 Å². The summed E-state index contributed by atoms with van der Waals surface area (Å²) < 4.78 is 71.2. The van der Waals surface area contributed by atoms with E-state index in [1.165, 1.54) is 7.11 Å². The molecule has 8 rings (SSSR count). The first-order chi connectivity index (χ1) is 26.9. The van der Waals surface area contributed by atoms with Gasteiger partial charge in [-0.25, -0.2) is 4.79 Å². The van der Waals surface area contributed by atoms with Gasteiger partial charge in [-0.2, -0.15) is 8.78 Å². The fraction of sp³-hybridized carbons (Fsp3) is 0.463. The fourth-order valence-electron chi connectivity index (χ4n) is 8.85. The zero-order chi connectivity index (χ0) is 39.4. The minimum absolute atomic E-state index is 0.00353. The second-order valence-electron chi connectivity index (χ2n) is 16.0. The molecular weight excluding hydrogens is 918 g/mol. The molecule has 15 heteroatoms. The normalized spacial score (nSPS) is 22.0. The molecular formula is C41H42F3N6O5Tl. The summed E-state index contributed by atoms with van der Waals surface area (Å²) in [7, 11) is 1.53. The molecule has 290 valence electrons. The van der Waals surface area contributed by atoms with E-state index in [0.29, 0.717) is 74.3 Å². The van der Waals surface area contributed by atoms with Crippen molar-refractivity contribution in [2.24, 2.45) is 0 Å². The molecule has 0 N–H and O–H groups in total. The Hall–Kier alpha value is -4.21. The van der Waals surface area contributed by atoms with E-state index in [1.807, 2.05) is 59.7 Å². The Bertz CT molecular complexity index is 2290. The van der Waals surface area contributed by atoms with E-state index in [4.69, 9.17) is 28.9 Å². The van der Waals surface area contributed by atoms with Crippen molar-refractivity contribution in [2.75, 3.05) is 51.6 Å². The van der Waals surface area contributed by atoms with E-state index in [2.05, 4.69) is 14.4 Å². The van der Waals surface area contributed by atoms with Crippen LogP contribution in [0.15, 0.2) is 48.2 Å². The average molecular weight is 960 g/mol. The zero-order valence-corrected chi connectivity index (χ0v) is 36.3. The Labute approximate surface area is 339 Å². The second kappa shape index (κ2) is 15.3. The number of ether oxygens (including phenoxy) is 4. The SMILES string of the molecule is COCOc1cc(-c2ncc3c(N4CC5CCC(C4)N5C(=O)OC(C)(C)C)nc(OCC45CCCN4CC(=C(F)F)C5)nc3c2F)c2c(C#[C][Tl])cccc2c1. The number of piperazine rings is 1. The Morgan fingerprint density at radius 3 is 2.61 bits per heavy atom. The van der Waals surface area contributed by atoms with E-state index in [-0.39, 0.29) is 67.3 Å². The molecule has 4 fully saturated rings. The van der Waals surface area contributed by atoms with E-state index >= 15 is 4.39 Å². The number of carbonyl (C=O) groups is 1. The topological polar surface area (TPSA) is 102 Å². The molecule has 3 atom stereocenters. The third-order valence-electron chi connectivity index (χ3n) is 11.2. The van der Waals surface area contributed by atoms with Crippen molar-refractivity contribution in [1.29, 1.82) is 0 Å². The van der Waals surface area contributed by atoms with Crippen LogP contribution in [0.25, 0.3) is 32.9 Å². The number of nitrogens with zero attached hydrogens (tertiary/aromatic N) is 6. The van der Waals surface area contributed by atoms with Crippen LogP contribution in [0.5, 0.6) is 11.8 Å². The predicted molar refractivity (Wildman–Crippen MR) is 205 cm³/mol. The van der Waals surface area contributed by atoms with Crippen LogP contribution in [0.3, 0.4) is 0 Å². The van der Waals surface area contributed by atoms with E-state index in [9.17, 15) is 13.6 Å². The molecule has 0 radical (unpaired) electrons. The molecule has 56 heavy (non-hydrogen) atoms. The number of halogens is 3. The monoisotopic (exact) mass is 960 g/mol. The molecule has 1 amide bonds. The Morgan fingerprint density at radius 2 is 1.89 bits per heavy atom. The molecule has 6 heterocycles. The zero-order valence-electron chi connectivity index (χ0n) is 31.8. The molecule has 11 nitrogen and oxygen atoms in total. The third kappa shape index (κ3) is 7.26. The van der Waals surface area contributed by atoms with Gasteiger partial charge in [-0.1, -0.05) is 0 Å². The van der Waals surface area contributed by atoms with Crippen molar-refractivity contribution in [1.82, 2.24) is 24.8 Å². The van der Waals surface area contributed by atoms with Gasteiger partial charge in [0.1, 0.15) is 5.60 Å². The van der Waals surface area contributed by atoms with Crippen molar-refractivity contribution < 1.29 is 36.9 Å². The van der Waals surface area contributed by atoms with Crippen LogP contribution in [0, 0.1) is 15.2 Å². The van der Waals surface area contributed by atoms with Crippen molar-refractivity contribution in [3.05, 3.63) is 59.6 Å². The van der Waals surface area contributed by atoms with Gasteiger partial charge in [-0.05, 0) is 59.4 Å². The number of rotatable bonds is 8. The summed E-state index contributed by atoms with van der Waals surface area (Å²) in [5.74, 6) is 3.43. The number of benzene rings is 2. The summed E-state index contributed by atoms with van der Waals surface area (Å²) >= 11 is 0.437. The van der Waals surface area contributed by atoms with Gasteiger partial charge < -0.3 is 4.74 Å². The summed E-state index contributed by atoms with van der Waals surface area (Å²) in [5, 5.41) is 1.90. The number of anilines is 1. The number of aromatic nitrogens is 3. The molecule has 4 aliphatic rings. The summed E-state index contributed by atoms with van der Waals surface area (Å²) in [5.41, 5.74) is 0.110. The van der Waals surface area contributed by atoms with E-state index in [0.717, 1.165) is 35.6 Å². The van der Waals surface area contributed by atoms with Crippen molar-refractivity contribution in [3.63, 3.8) is 0 Å². The molecule has 0 aliphatic carbocycles. The molecule has 0 saturated carbocycles. The molecule has 3 unspecified atom stereocenters. The van der Waals surface area contributed by atoms with Gasteiger partial charge in [0.25, 0.3) is 6.08 Å². The fourth-order valence-corrected chi connectivity index (χ4v) is 9.45. The van der Waals surface area contributed by atoms with Crippen LogP contribution in [-0.2, 0) is 9.47 Å². The Balaban J connectivity index is 1.24. The summed E-state index contributed by atoms with van der Waals surface area (Å²) in [4.78, 5) is 33.5. The molecule has 2 bridgehead atoms. The van der Waals surface area contributed by atoms with Crippen molar-refractivity contribution >= 4 is 59.4 Å². The molecule has 4 aromatic rings. The summed E-state index contributed by atoms with van der Waals surface area (Å²) in [6.07, 6.45) is 2.88. The van der Waals surface area contributed by atoms with E-state index < -0.39 is 23.0 Å². The molecule has 4 saturated heterocycles. The van der Waals surface area contributed by atoms with Crippen molar-refractivity contribution in [2.45, 2.75) is 76.1 Å². The number of methoxy groups -OCH3 is 1. The quantitative estimate of drug-likeness (QED) is 0.107. The van der Waals surface area contributed by atoms with Crippen LogP contribution in [0.1, 0.15) is 58.4 Å². The van der Waals surface area contributed by atoms with Crippen LogP contribution in [0.2, 0.25) is 0 Å².